The topological polar surface area (TPSA) is 67.4 Å². The molecular weight excluding hydrogens is 244 g/mol. The molecule has 0 saturated heterocycles. The van der Waals surface area contributed by atoms with Crippen molar-refractivity contribution in [1.82, 2.24) is 10.6 Å². The molecule has 0 aromatic heterocycles. The number of imide groups is 1. The van der Waals surface area contributed by atoms with Crippen LogP contribution in [0.5, 0.6) is 5.75 Å². The number of nitrogens with one attached hydrogen (secondary N) is 2. The summed E-state index contributed by atoms with van der Waals surface area (Å²) >= 11 is 0. The van der Waals surface area contributed by atoms with Crippen LogP contribution in [0.4, 0.5) is 4.79 Å². The van der Waals surface area contributed by atoms with Gasteiger partial charge in [0, 0.05) is 6.04 Å². The van der Waals surface area contributed by atoms with Crippen LogP contribution in [-0.4, -0.2) is 24.6 Å². The van der Waals surface area contributed by atoms with E-state index in [0.29, 0.717) is 5.75 Å². The number of hydrogen-bond donors (Lipinski definition) is 2. The summed E-state index contributed by atoms with van der Waals surface area (Å²) in [4.78, 5) is 23.0. The second-order valence-electron chi connectivity index (χ2n) is 4.60. The van der Waals surface area contributed by atoms with Gasteiger partial charge in [-0.15, -0.1) is 0 Å². The van der Waals surface area contributed by atoms with Gasteiger partial charge in [0.15, 0.2) is 6.61 Å². The number of amides is 3. The highest BCUT2D eigenvalue weighted by Crippen LogP contribution is 2.17. The van der Waals surface area contributed by atoms with E-state index in [1.807, 2.05) is 18.2 Å². The molecule has 102 valence electrons. The maximum absolute atomic E-state index is 11.5. The summed E-state index contributed by atoms with van der Waals surface area (Å²) in [5.74, 6) is 0.160. The lowest BCUT2D eigenvalue weighted by Gasteiger charge is -2.12. The molecule has 0 atom stereocenters. The number of rotatable bonds is 4. The van der Waals surface area contributed by atoms with Crippen molar-refractivity contribution in [2.45, 2.75) is 31.7 Å². The molecule has 1 aromatic rings. The van der Waals surface area contributed by atoms with Crippen molar-refractivity contribution in [3.05, 3.63) is 30.3 Å². The van der Waals surface area contributed by atoms with Crippen molar-refractivity contribution in [2.24, 2.45) is 0 Å². The Morgan fingerprint density at radius 1 is 1.16 bits per heavy atom. The minimum atomic E-state index is -0.445. The van der Waals surface area contributed by atoms with Gasteiger partial charge < -0.3 is 10.1 Å². The first-order valence-electron chi connectivity index (χ1n) is 6.52. The SMILES string of the molecule is O=C(COc1ccccc1)NC(=O)NC1CCCC1. The van der Waals surface area contributed by atoms with Gasteiger partial charge in [-0.25, -0.2) is 4.79 Å². The molecule has 1 aliphatic rings. The normalized spacial score (nSPS) is 14.9. The molecule has 0 unspecified atom stereocenters. The zero-order chi connectivity index (χ0) is 13.5. The van der Waals surface area contributed by atoms with Gasteiger partial charge >= 0.3 is 6.03 Å². The largest absolute Gasteiger partial charge is 0.484 e. The maximum Gasteiger partial charge on any atom is 0.321 e. The Labute approximate surface area is 112 Å². The number of urea groups is 1. The molecule has 0 bridgehead atoms. The average molecular weight is 262 g/mol. The van der Waals surface area contributed by atoms with Gasteiger partial charge in [-0.1, -0.05) is 31.0 Å². The summed E-state index contributed by atoms with van der Waals surface area (Å²) in [6.07, 6.45) is 4.25. The van der Waals surface area contributed by atoms with Gasteiger partial charge in [0.05, 0.1) is 0 Å². The van der Waals surface area contributed by atoms with E-state index in [2.05, 4.69) is 10.6 Å². The minimum absolute atomic E-state index is 0.165. The fraction of sp³-hybridized carbons (Fsp3) is 0.429. The molecule has 0 heterocycles. The Kier molecular flexibility index (Phi) is 4.78. The Balaban J connectivity index is 1.67. The molecule has 0 aliphatic heterocycles. The molecular formula is C14H18N2O3. The fourth-order valence-corrected chi connectivity index (χ4v) is 2.12. The quantitative estimate of drug-likeness (QED) is 0.870. The molecule has 5 heteroatoms. The minimum Gasteiger partial charge on any atom is -0.484 e. The molecule has 3 amide bonds. The van der Waals surface area contributed by atoms with E-state index in [4.69, 9.17) is 4.74 Å². The van der Waals surface area contributed by atoms with Crippen molar-refractivity contribution in [3.63, 3.8) is 0 Å². The fourth-order valence-electron chi connectivity index (χ4n) is 2.12. The predicted molar refractivity (Wildman–Crippen MR) is 70.9 cm³/mol. The number of ether oxygens (including phenoxy) is 1. The van der Waals surface area contributed by atoms with Gasteiger partial charge in [-0.05, 0) is 25.0 Å². The molecule has 2 rings (SSSR count). The lowest BCUT2D eigenvalue weighted by Crippen LogP contribution is -2.45. The number of hydrogen-bond acceptors (Lipinski definition) is 3. The smallest absolute Gasteiger partial charge is 0.321 e. The zero-order valence-electron chi connectivity index (χ0n) is 10.7. The second-order valence-corrected chi connectivity index (χ2v) is 4.60. The van der Waals surface area contributed by atoms with Crippen LogP contribution in [0.3, 0.4) is 0 Å². The van der Waals surface area contributed by atoms with Crippen molar-refractivity contribution < 1.29 is 14.3 Å². The van der Waals surface area contributed by atoms with E-state index in [-0.39, 0.29) is 12.6 Å². The molecule has 2 N–H and O–H groups in total. The van der Waals surface area contributed by atoms with Crippen molar-refractivity contribution in [2.75, 3.05) is 6.61 Å². The maximum atomic E-state index is 11.5. The van der Waals surface area contributed by atoms with Crippen molar-refractivity contribution in [3.8, 4) is 5.75 Å². The van der Waals surface area contributed by atoms with E-state index in [1.165, 1.54) is 0 Å². The highest BCUT2D eigenvalue weighted by Gasteiger charge is 2.18. The monoisotopic (exact) mass is 262 g/mol. The van der Waals surface area contributed by atoms with E-state index < -0.39 is 11.9 Å². The third-order valence-electron chi connectivity index (χ3n) is 3.06. The number of para-hydroxylation sites is 1. The first-order chi connectivity index (χ1) is 9.24. The molecule has 1 saturated carbocycles. The number of carbonyl (C=O) groups is 2. The molecule has 0 radical (unpaired) electrons. The van der Waals surface area contributed by atoms with Crippen LogP contribution in [0, 0.1) is 0 Å². The lowest BCUT2D eigenvalue weighted by molar-refractivity contribution is -0.122. The Hall–Kier alpha value is -2.04. The first kappa shape index (κ1) is 13.4. The molecule has 19 heavy (non-hydrogen) atoms. The second kappa shape index (κ2) is 6.78. The van der Waals surface area contributed by atoms with Crippen molar-refractivity contribution >= 4 is 11.9 Å². The summed E-state index contributed by atoms with van der Waals surface area (Å²) in [7, 11) is 0. The average Bonchev–Trinajstić information content (AvgIpc) is 2.90. The van der Waals surface area contributed by atoms with Gasteiger partial charge in [0.1, 0.15) is 5.75 Å². The van der Waals surface area contributed by atoms with Gasteiger partial charge in [0.25, 0.3) is 5.91 Å². The van der Waals surface area contributed by atoms with Crippen LogP contribution < -0.4 is 15.4 Å². The zero-order valence-corrected chi connectivity index (χ0v) is 10.7. The Bertz CT molecular complexity index is 428. The molecule has 1 aliphatic carbocycles. The highest BCUT2D eigenvalue weighted by atomic mass is 16.5. The first-order valence-corrected chi connectivity index (χ1v) is 6.52. The molecule has 1 aromatic carbocycles. The number of benzene rings is 1. The van der Waals surface area contributed by atoms with Crippen LogP contribution in [0.15, 0.2) is 30.3 Å². The van der Waals surface area contributed by atoms with Gasteiger partial charge in [-0.3, -0.25) is 10.1 Å². The van der Waals surface area contributed by atoms with Crippen LogP contribution in [0.25, 0.3) is 0 Å². The van der Waals surface area contributed by atoms with E-state index >= 15 is 0 Å². The molecule has 0 spiro atoms. The summed E-state index contributed by atoms with van der Waals surface area (Å²) in [5.41, 5.74) is 0. The van der Waals surface area contributed by atoms with E-state index in [9.17, 15) is 9.59 Å². The summed E-state index contributed by atoms with van der Waals surface area (Å²) in [6, 6.07) is 8.77. The van der Waals surface area contributed by atoms with Gasteiger partial charge in [-0.2, -0.15) is 0 Å². The molecule has 5 nitrogen and oxygen atoms in total. The Morgan fingerprint density at radius 3 is 2.53 bits per heavy atom. The van der Waals surface area contributed by atoms with Crippen LogP contribution >= 0.6 is 0 Å². The summed E-state index contributed by atoms with van der Waals surface area (Å²) in [5, 5.41) is 5.04. The Morgan fingerprint density at radius 2 is 1.84 bits per heavy atom. The lowest BCUT2D eigenvalue weighted by atomic mass is 10.2. The summed E-state index contributed by atoms with van der Waals surface area (Å²) in [6.45, 7) is -0.165. The van der Waals surface area contributed by atoms with E-state index in [1.54, 1.807) is 12.1 Å². The standard InChI is InChI=1S/C14H18N2O3/c17-13(10-19-12-8-2-1-3-9-12)16-14(18)15-11-6-4-5-7-11/h1-3,8-9,11H,4-7,10H2,(H2,15,16,17,18). The number of carbonyl (C=O) groups excluding carboxylic acids is 2. The molecule has 1 fully saturated rings. The van der Waals surface area contributed by atoms with Crippen molar-refractivity contribution in [1.29, 1.82) is 0 Å². The van der Waals surface area contributed by atoms with Crippen LogP contribution in [-0.2, 0) is 4.79 Å². The predicted octanol–water partition coefficient (Wildman–Crippen LogP) is 1.83. The van der Waals surface area contributed by atoms with Gasteiger partial charge in [0.2, 0.25) is 0 Å². The van der Waals surface area contributed by atoms with Crippen LogP contribution in [0.2, 0.25) is 0 Å². The van der Waals surface area contributed by atoms with Crippen LogP contribution in [0.1, 0.15) is 25.7 Å². The third kappa shape index (κ3) is 4.62. The third-order valence-corrected chi connectivity index (χ3v) is 3.06. The highest BCUT2D eigenvalue weighted by molar-refractivity contribution is 5.95. The summed E-state index contributed by atoms with van der Waals surface area (Å²) < 4.78 is 5.25. The van der Waals surface area contributed by atoms with E-state index in [0.717, 1.165) is 25.7 Å².